The van der Waals surface area contributed by atoms with E-state index in [0.717, 1.165) is 29.1 Å². The average molecular weight is 256 g/mol. The van der Waals surface area contributed by atoms with Crippen molar-refractivity contribution in [3.8, 4) is 11.3 Å². The van der Waals surface area contributed by atoms with Gasteiger partial charge in [0.05, 0.1) is 30.7 Å². The Kier molecular flexibility index (Phi) is 3.05. The first-order valence-corrected chi connectivity index (χ1v) is 6.25. The number of methoxy groups -OCH3 is 1. The van der Waals surface area contributed by atoms with Crippen molar-refractivity contribution >= 4 is 5.65 Å². The third-order valence-electron chi connectivity index (χ3n) is 3.14. The van der Waals surface area contributed by atoms with Crippen LogP contribution in [-0.4, -0.2) is 32.9 Å². The zero-order chi connectivity index (χ0) is 13.2. The Bertz CT molecular complexity index is 698. The molecule has 3 heterocycles. The van der Waals surface area contributed by atoms with Crippen LogP contribution in [0.25, 0.3) is 16.9 Å². The maximum absolute atomic E-state index is 5.06. The minimum absolute atomic E-state index is 0.660. The SMILES string of the molecule is COCCn1cc(-c2c(C)nc3ccccn23)cn1. The summed E-state index contributed by atoms with van der Waals surface area (Å²) >= 11 is 0. The third kappa shape index (κ3) is 2.13. The highest BCUT2D eigenvalue weighted by Gasteiger charge is 2.12. The molecular weight excluding hydrogens is 240 g/mol. The lowest BCUT2D eigenvalue weighted by Crippen LogP contribution is -2.03. The summed E-state index contributed by atoms with van der Waals surface area (Å²) in [5, 5.41) is 4.35. The van der Waals surface area contributed by atoms with Crippen LogP contribution in [0.15, 0.2) is 36.8 Å². The molecule has 0 spiro atoms. The molecule has 98 valence electrons. The van der Waals surface area contributed by atoms with Crippen molar-refractivity contribution in [2.75, 3.05) is 13.7 Å². The first kappa shape index (κ1) is 11.9. The normalized spacial score (nSPS) is 11.3. The summed E-state index contributed by atoms with van der Waals surface area (Å²) in [6.07, 6.45) is 5.93. The second kappa shape index (κ2) is 4.85. The number of aromatic nitrogens is 4. The fraction of sp³-hybridized carbons (Fsp3) is 0.286. The highest BCUT2D eigenvalue weighted by Crippen LogP contribution is 2.24. The summed E-state index contributed by atoms with van der Waals surface area (Å²) in [4.78, 5) is 4.56. The van der Waals surface area contributed by atoms with Crippen molar-refractivity contribution in [2.24, 2.45) is 0 Å². The summed E-state index contributed by atoms with van der Waals surface area (Å²) in [6, 6.07) is 6.01. The van der Waals surface area contributed by atoms with Gasteiger partial charge in [-0.3, -0.25) is 9.08 Å². The number of nitrogens with zero attached hydrogens (tertiary/aromatic N) is 4. The molecule has 3 aromatic heterocycles. The minimum Gasteiger partial charge on any atom is -0.383 e. The minimum atomic E-state index is 0.660. The topological polar surface area (TPSA) is 44.4 Å². The quantitative estimate of drug-likeness (QED) is 0.718. The van der Waals surface area contributed by atoms with E-state index in [0.29, 0.717) is 6.61 Å². The van der Waals surface area contributed by atoms with Gasteiger partial charge in [0.15, 0.2) is 0 Å². The predicted molar refractivity (Wildman–Crippen MR) is 73.0 cm³/mol. The molecule has 0 amide bonds. The number of imidazole rings is 1. The second-order valence-electron chi connectivity index (χ2n) is 4.46. The van der Waals surface area contributed by atoms with Crippen molar-refractivity contribution in [2.45, 2.75) is 13.5 Å². The molecule has 0 N–H and O–H groups in total. The van der Waals surface area contributed by atoms with Crippen LogP contribution in [0.3, 0.4) is 0 Å². The number of fused-ring (bicyclic) bond motifs is 1. The van der Waals surface area contributed by atoms with E-state index in [4.69, 9.17) is 4.74 Å². The average Bonchev–Trinajstić information content (AvgIpc) is 2.99. The fourth-order valence-electron chi connectivity index (χ4n) is 2.25. The van der Waals surface area contributed by atoms with Gasteiger partial charge in [0.1, 0.15) is 5.65 Å². The van der Waals surface area contributed by atoms with E-state index in [9.17, 15) is 0 Å². The summed E-state index contributed by atoms with van der Waals surface area (Å²) in [5.41, 5.74) is 4.14. The molecule has 0 aliphatic carbocycles. The highest BCUT2D eigenvalue weighted by molar-refractivity contribution is 5.65. The van der Waals surface area contributed by atoms with Crippen LogP contribution in [0.2, 0.25) is 0 Å². The fourth-order valence-corrected chi connectivity index (χ4v) is 2.25. The van der Waals surface area contributed by atoms with Gasteiger partial charge in [0.25, 0.3) is 0 Å². The van der Waals surface area contributed by atoms with Crippen molar-refractivity contribution in [1.82, 2.24) is 19.2 Å². The van der Waals surface area contributed by atoms with E-state index >= 15 is 0 Å². The Balaban J connectivity index is 2.04. The van der Waals surface area contributed by atoms with Gasteiger partial charge in [-0.25, -0.2) is 4.98 Å². The van der Waals surface area contributed by atoms with Crippen molar-refractivity contribution in [3.63, 3.8) is 0 Å². The lowest BCUT2D eigenvalue weighted by atomic mass is 10.2. The van der Waals surface area contributed by atoms with Crippen LogP contribution in [0, 0.1) is 6.92 Å². The summed E-state index contributed by atoms with van der Waals surface area (Å²) < 4.78 is 9.04. The Morgan fingerprint density at radius 2 is 2.21 bits per heavy atom. The lowest BCUT2D eigenvalue weighted by molar-refractivity contribution is 0.183. The standard InChI is InChI=1S/C14H16N4O/c1-11-14(18-6-4-3-5-13(18)16-11)12-9-15-17(10-12)7-8-19-2/h3-6,9-10H,7-8H2,1-2H3. The van der Waals surface area contributed by atoms with Crippen molar-refractivity contribution in [3.05, 3.63) is 42.5 Å². The zero-order valence-corrected chi connectivity index (χ0v) is 11.1. The molecule has 3 aromatic rings. The van der Waals surface area contributed by atoms with Gasteiger partial charge >= 0.3 is 0 Å². The number of ether oxygens (including phenoxy) is 1. The maximum Gasteiger partial charge on any atom is 0.137 e. The first-order valence-electron chi connectivity index (χ1n) is 6.25. The van der Waals surface area contributed by atoms with E-state index in [1.807, 2.05) is 48.4 Å². The van der Waals surface area contributed by atoms with Gasteiger partial charge in [0.2, 0.25) is 0 Å². The number of aryl methyl sites for hydroxylation is 1. The number of pyridine rings is 1. The van der Waals surface area contributed by atoms with Gasteiger partial charge in [-0.15, -0.1) is 0 Å². The Morgan fingerprint density at radius 1 is 1.32 bits per heavy atom. The van der Waals surface area contributed by atoms with E-state index in [2.05, 4.69) is 14.5 Å². The molecule has 5 heteroatoms. The van der Waals surface area contributed by atoms with Crippen LogP contribution >= 0.6 is 0 Å². The molecule has 0 saturated carbocycles. The Labute approximate surface area is 111 Å². The molecule has 0 saturated heterocycles. The monoisotopic (exact) mass is 256 g/mol. The van der Waals surface area contributed by atoms with Gasteiger partial charge in [0, 0.05) is 25.1 Å². The predicted octanol–water partition coefficient (Wildman–Crippen LogP) is 2.15. The van der Waals surface area contributed by atoms with Crippen LogP contribution in [0.5, 0.6) is 0 Å². The van der Waals surface area contributed by atoms with Gasteiger partial charge in [-0.2, -0.15) is 5.10 Å². The maximum atomic E-state index is 5.06. The van der Waals surface area contributed by atoms with E-state index in [-0.39, 0.29) is 0 Å². The van der Waals surface area contributed by atoms with Crippen LogP contribution in [0.4, 0.5) is 0 Å². The van der Waals surface area contributed by atoms with Crippen LogP contribution in [0.1, 0.15) is 5.69 Å². The van der Waals surface area contributed by atoms with E-state index < -0.39 is 0 Å². The van der Waals surface area contributed by atoms with E-state index in [1.54, 1.807) is 7.11 Å². The number of hydrogen-bond acceptors (Lipinski definition) is 3. The molecule has 0 aliphatic heterocycles. The van der Waals surface area contributed by atoms with Crippen LogP contribution in [-0.2, 0) is 11.3 Å². The zero-order valence-electron chi connectivity index (χ0n) is 11.1. The smallest absolute Gasteiger partial charge is 0.137 e. The molecule has 3 rings (SSSR count). The van der Waals surface area contributed by atoms with Crippen molar-refractivity contribution < 1.29 is 4.74 Å². The largest absolute Gasteiger partial charge is 0.383 e. The molecule has 5 nitrogen and oxygen atoms in total. The molecule has 0 fully saturated rings. The summed E-state index contributed by atoms with van der Waals surface area (Å²) in [7, 11) is 1.69. The van der Waals surface area contributed by atoms with E-state index in [1.165, 1.54) is 0 Å². The molecular formula is C14H16N4O. The summed E-state index contributed by atoms with van der Waals surface area (Å²) in [5.74, 6) is 0. The second-order valence-corrected chi connectivity index (χ2v) is 4.46. The molecule has 0 radical (unpaired) electrons. The molecule has 0 aromatic carbocycles. The van der Waals surface area contributed by atoms with Gasteiger partial charge < -0.3 is 4.74 Å². The molecule has 19 heavy (non-hydrogen) atoms. The molecule has 0 aliphatic rings. The van der Waals surface area contributed by atoms with Crippen molar-refractivity contribution in [1.29, 1.82) is 0 Å². The van der Waals surface area contributed by atoms with Crippen LogP contribution < -0.4 is 0 Å². The number of hydrogen-bond donors (Lipinski definition) is 0. The highest BCUT2D eigenvalue weighted by atomic mass is 16.5. The first-order chi connectivity index (χ1) is 9.29. The molecule has 0 unspecified atom stereocenters. The number of rotatable bonds is 4. The van der Waals surface area contributed by atoms with Gasteiger partial charge in [-0.05, 0) is 19.1 Å². The lowest BCUT2D eigenvalue weighted by Gasteiger charge is -2.00. The summed E-state index contributed by atoms with van der Waals surface area (Å²) in [6.45, 7) is 3.44. The Morgan fingerprint density at radius 3 is 3.05 bits per heavy atom. The molecule has 0 atom stereocenters. The molecule has 0 bridgehead atoms. The van der Waals surface area contributed by atoms with Gasteiger partial charge in [-0.1, -0.05) is 6.07 Å². The Hall–Kier alpha value is -2.14. The third-order valence-corrected chi connectivity index (χ3v) is 3.14.